The average molecular weight is 326 g/mol. The molecule has 0 aromatic heterocycles. The molecule has 2 aromatic carbocycles. The standard InChI is InChI=1S/C20H26N2O2/c1-20(2,3)24-19(23)21-18-10-11-22(14-18)13-15-8-9-16-6-4-5-7-17(16)12-15/h4-9,12,18H,10-11,13-14H2,1-3H3,(H,21,23)/t18-/m1/s1. The Morgan fingerprint density at radius 1 is 1.21 bits per heavy atom. The maximum absolute atomic E-state index is 11.9. The van der Waals surface area contributed by atoms with Crippen LogP contribution in [0.4, 0.5) is 4.79 Å². The molecule has 128 valence electrons. The summed E-state index contributed by atoms with van der Waals surface area (Å²) in [5.41, 5.74) is 0.861. The molecule has 0 spiro atoms. The summed E-state index contributed by atoms with van der Waals surface area (Å²) in [6.45, 7) is 8.42. The minimum atomic E-state index is -0.451. The smallest absolute Gasteiger partial charge is 0.407 e. The Morgan fingerprint density at radius 3 is 2.71 bits per heavy atom. The van der Waals surface area contributed by atoms with Crippen molar-refractivity contribution in [3.8, 4) is 0 Å². The lowest BCUT2D eigenvalue weighted by Gasteiger charge is -2.22. The molecular weight excluding hydrogens is 300 g/mol. The van der Waals surface area contributed by atoms with Crippen molar-refractivity contribution >= 4 is 16.9 Å². The van der Waals surface area contributed by atoms with Gasteiger partial charge in [0.1, 0.15) is 5.60 Å². The molecule has 0 radical (unpaired) electrons. The summed E-state index contributed by atoms with van der Waals surface area (Å²) in [5, 5.41) is 5.52. The fourth-order valence-electron chi connectivity index (χ4n) is 3.16. The van der Waals surface area contributed by atoms with Crippen molar-refractivity contribution in [1.82, 2.24) is 10.2 Å². The monoisotopic (exact) mass is 326 g/mol. The van der Waals surface area contributed by atoms with Gasteiger partial charge < -0.3 is 10.1 Å². The topological polar surface area (TPSA) is 41.6 Å². The van der Waals surface area contributed by atoms with E-state index < -0.39 is 5.60 Å². The summed E-state index contributed by atoms with van der Waals surface area (Å²) in [5.74, 6) is 0. The number of rotatable bonds is 3. The molecule has 0 bridgehead atoms. The van der Waals surface area contributed by atoms with Gasteiger partial charge in [0.05, 0.1) is 0 Å². The van der Waals surface area contributed by atoms with E-state index in [2.05, 4.69) is 52.7 Å². The number of alkyl carbamates (subject to hydrolysis) is 1. The molecule has 2 aromatic rings. The predicted molar refractivity (Wildman–Crippen MR) is 97.0 cm³/mol. The summed E-state index contributed by atoms with van der Waals surface area (Å²) >= 11 is 0. The number of fused-ring (bicyclic) bond motifs is 1. The van der Waals surface area contributed by atoms with Crippen LogP contribution in [0.5, 0.6) is 0 Å². The molecule has 0 unspecified atom stereocenters. The van der Waals surface area contributed by atoms with Gasteiger partial charge in [0, 0.05) is 25.7 Å². The molecule has 1 N–H and O–H groups in total. The Kier molecular flexibility index (Phi) is 4.76. The first-order valence-corrected chi connectivity index (χ1v) is 8.59. The van der Waals surface area contributed by atoms with Crippen molar-refractivity contribution in [2.75, 3.05) is 13.1 Å². The van der Waals surface area contributed by atoms with Gasteiger partial charge in [-0.15, -0.1) is 0 Å². The molecule has 4 nitrogen and oxygen atoms in total. The highest BCUT2D eigenvalue weighted by Gasteiger charge is 2.26. The second kappa shape index (κ2) is 6.81. The molecule has 1 aliphatic heterocycles. The maximum Gasteiger partial charge on any atom is 0.407 e. The third-order valence-corrected chi connectivity index (χ3v) is 4.21. The van der Waals surface area contributed by atoms with E-state index in [4.69, 9.17) is 4.74 Å². The zero-order valence-corrected chi connectivity index (χ0v) is 14.7. The summed E-state index contributed by atoms with van der Waals surface area (Å²) < 4.78 is 5.33. The van der Waals surface area contributed by atoms with Gasteiger partial charge in [-0.1, -0.05) is 36.4 Å². The SMILES string of the molecule is CC(C)(C)OC(=O)N[C@@H]1CCN(Cc2ccc3ccccc3c2)C1. The van der Waals surface area contributed by atoms with Crippen LogP contribution in [0.1, 0.15) is 32.8 Å². The highest BCUT2D eigenvalue weighted by atomic mass is 16.6. The van der Waals surface area contributed by atoms with Gasteiger partial charge in [-0.3, -0.25) is 4.90 Å². The molecule has 1 fully saturated rings. The number of likely N-dealkylation sites (tertiary alicyclic amines) is 1. The van der Waals surface area contributed by atoms with E-state index in [0.29, 0.717) is 0 Å². The van der Waals surface area contributed by atoms with Crippen molar-refractivity contribution in [2.45, 2.75) is 45.4 Å². The Balaban J connectivity index is 1.54. The number of hydrogen-bond acceptors (Lipinski definition) is 3. The van der Waals surface area contributed by atoms with Crippen molar-refractivity contribution in [2.24, 2.45) is 0 Å². The Bertz CT molecular complexity index is 721. The number of nitrogens with zero attached hydrogens (tertiary/aromatic N) is 1. The quantitative estimate of drug-likeness (QED) is 0.929. The van der Waals surface area contributed by atoms with Gasteiger partial charge in [0.25, 0.3) is 0 Å². The van der Waals surface area contributed by atoms with Gasteiger partial charge in [-0.2, -0.15) is 0 Å². The summed E-state index contributed by atoms with van der Waals surface area (Å²) in [6.07, 6.45) is 0.646. The van der Waals surface area contributed by atoms with Crippen molar-refractivity contribution in [3.05, 3.63) is 48.0 Å². The van der Waals surface area contributed by atoms with E-state index >= 15 is 0 Å². The molecular formula is C20H26N2O2. The second-order valence-corrected chi connectivity index (χ2v) is 7.55. The number of carbonyl (C=O) groups excluding carboxylic acids is 1. The lowest BCUT2D eigenvalue weighted by Crippen LogP contribution is -2.40. The number of benzene rings is 2. The number of carbonyl (C=O) groups is 1. The molecule has 0 aliphatic carbocycles. The van der Waals surface area contributed by atoms with Crippen LogP contribution in [0.15, 0.2) is 42.5 Å². The third kappa shape index (κ3) is 4.48. The third-order valence-electron chi connectivity index (χ3n) is 4.21. The van der Waals surface area contributed by atoms with E-state index in [-0.39, 0.29) is 12.1 Å². The van der Waals surface area contributed by atoms with Gasteiger partial charge in [-0.25, -0.2) is 4.79 Å². The van der Waals surface area contributed by atoms with Crippen LogP contribution < -0.4 is 5.32 Å². The van der Waals surface area contributed by atoms with Crippen molar-refractivity contribution in [1.29, 1.82) is 0 Å². The normalized spacial score (nSPS) is 18.7. The van der Waals surface area contributed by atoms with Crippen LogP contribution >= 0.6 is 0 Å². The molecule has 1 atom stereocenters. The molecule has 3 rings (SSSR count). The summed E-state index contributed by atoms with van der Waals surface area (Å²) in [6, 6.07) is 15.2. The fraction of sp³-hybridized carbons (Fsp3) is 0.450. The molecule has 1 saturated heterocycles. The van der Waals surface area contributed by atoms with Crippen LogP contribution in [0.25, 0.3) is 10.8 Å². The number of hydrogen-bond donors (Lipinski definition) is 1. The maximum atomic E-state index is 11.9. The van der Waals surface area contributed by atoms with Crippen LogP contribution in [-0.2, 0) is 11.3 Å². The highest BCUT2D eigenvalue weighted by Crippen LogP contribution is 2.19. The van der Waals surface area contributed by atoms with Gasteiger partial charge in [-0.05, 0) is 49.6 Å². The Labute approximate surface area is 143 Å². The number of ether oxygens (including phenoxy) is 1. The zero-order chi connectivity index (χ0) is 17.2. The lowest BCUT2D eigenvalue weighted by molar-refractivity contribution is 0.0506. The number of amides is 1. The van der Waals surface area contributed by atoms with Crippen molar-refractivity contribution < 1.29 is 9.53 Å². The summed E-state index contributed by atoms with van der Waals surface area (Å²) in [7, 11) is 0. The molecule has 1 heterocycles. The van der Waals surface area contributed by atoms with Crippen molar-refractivity contribution in [3.63, 3.8) is 0 Å². The highest BCUT2D eigenvalue weighted by molar-refractivity contribution is 5.82. The van der Waals surface area contributed by atoms with Gasteiger partial charge in [0.15, 0.2) is 0 Å². The first-order chi connectivity index (χ1) is 11.4. The minimum Gasteiger partial charge on any atom is -0.444 e. The molecule has 4 heteroatoms. The molecule has 1 aliphatic rings. The van der Waals surface area contributed by atoms with Crippen LogP contribution in [0.2, 0.25) is 0 Å². The van der Waals surface area contributed by atoms with E-state index in [0.717, 1.165) is 26.1 Å². The zero-order valence-electron chi connectivity index (χ0n) is 14.7. The van der Waals surface area contributed by atoms with Crippen LogP contribution in [0.3, 0.4) is 0 Å². The van der Waals surface area contributed by atoms with Crippen LogP contribution in [-0.4, -0.2) is 35.7 Å². The molecule has 24 heavy (non-hydrogen) atoms. The van der Waals surface area contributed by atoms with E-state index in [9.17, 15) is 4.79 Å². The van der Waals surface area contributed by atoms with Gasteiger partial charge >= 0.3 is 6.09 Å². The average Bonchev–Trinajstić information content (AvgIpc) is 2.92. The minimum absolute atomic E-state index is 0.167. The van der Waals surface area contributed by atoms with Crippen LogP contribution in [0, 0.1) is 0 Å². The fourth-order valence-corrected chi connectivity index (χ4v) is 3.16. The van der Waals surface area contributed by atoms with Gasteiger partial charge in [0.2, 0.25) is 0 Å². The Hall–Kier alpha value is -2.07. The van der Waals surface area contributed by atoms with E-state index in [1.165, 1.54) is 16.3 Å². The van der Waals surface area contributed by atoms with E-state index in [1.54, 1.807) is 0 Å². The predicted octanol–water partition coefficient (Wildman–Crippen LogP) is 3.94. The largest absolute Gasteiger partial charge is 0.444 e. The summed E-state index contributed by atoms with van der Waals surface area (Å²) in [4.78, 5) is 14.3. The second-order valence-electron chi connectivity index (χ2n) is 7.55. The molecule has 1 amide bonds. The first kappa shape index (κ1) is 16.8. The van der Waals surface area contributed by atoms with E-state index in [1.807, 2.05) is 20.8 Å². The Morgan fingerprint density at radius 2 is 1.96 bits per heavy atom. The lowest BCUT2D eigenvalue weighted by atomic mass is 10.1. The number of nitrogens with one attached hydrogen (secondary N) is 1. The molecule has 0 saturated carbocycles. The first-order valence-electron chi connectivity index (χ1n) is 8.59.